The summed E-state index contributed by atoms with van der Waals surface area (Å²) in [5, 5.41) is 5.87. The first-order valence-electron chi connectivity index (χ1n) is 7.27. The number of hydrogen-bond acceptors (Lipinski definition) is 3. The standard InChI is InChI=1S/C17H26N2O2/c1-17(2,3)21-16(20)19-13-15-10-7-9-14(12-15)8-5-6-11-18-4/h5,7-10,12,18H,6,11,13H2,1-4H3,(H,19,20). The molecule has 4 nitrogen and oxygen atoms in total. The monoisotopic (exact) mass is 290 g/mol. The van der Waals surface area contributed by atoms with Crippen molar-refractivity contribution >= 4 is 12.2 Å². The van der Waals surface area contributed by atoms with Crippen molar-refractivity contribution in [3.8, 4) is 0 Å². The molecule has 21 heavy (non-hydrogen) atoms. The van der Waals surface area contributed by atoms with Crippen LogP contribution in [-0.4, -0.2) is 25.3 Å². The van der Waals surface area contributed by atoms with Crippen molar-refractivity contribution in [2.24, 2.45) is 0 Å². The molecule has 1 aromatic carbocycles. The minimum atomic E-state index is -0.470. The van der Waals surface area contributed by atoms with Crippen LogP contribution in [0.15, 0.2) is 30.3 Å². The van der Waals surface area contributed by atoms with Crippen LogP contribution in [0.2, 0.25) is 0 Å². The Kier molecular flexibility index (Phi) is 6.96. The van der Waals surface area contributed by atoms with E-state index in [9.17, 15) is 4.79 Å². The molecule has 1 aromatic rings. The van der Waals surface area contributed by atoms with Crippen molar-refractivity contribution in [2.45, 2.75) is 39.3 Å². The van der Waals surface area contributed by atoms with Crippen molar-refractivity contribution in [2.75, 3.05) is 13.6 Å². The van der Waals surface area contributed by atoms with E-state index in [1.165, 1.54) is 0 Å². The van der Waals surface area contributed by atoms with Gasteiger partial charge in [0.25, 0.3) is 0 Å². The molecule has 0 radical (unpaired) electrons. The lowest BCUT2D eigenvalue weighted by molar-refractivity contribution is 0.0523. The number of amides is 1. The van der Waals surface area contributed by atoms with Crippen LogP contribution in [0, 0.1) is 0 Å². The molecule has 0 atom stereocenters. The number of ether oxygens (including phenoxy) is 1. The fourth-order valence-electron chi connectivity index (χ4n) is 1.74. The second-order valence-electron chi connectivity index (χ2n) is 5.90. The van der Waals surface area contributed by atoms with Gasteiger partial charge in [-0.25, -0.2) is 4.79 Å². The molecule has 2 N–H and O–H groups in total. The second kappa shape index (κ2) is 8.47. The van der Waals surface area contributed by atoms with Crippen LogP contribution in [0.4, 0.5) is 4.79 Å². The average molecular weight is 290 g/mol. The lowest BCUT2D eigenvalue weighted by atomic mass is 10.1. The highest BCUT2D eigenvalue weighted by atomic mass is 16.6. The summed E-state index contributed by atoms with van der Waals surface area (Å²) in [4.78, 5) is 11.6. The lowest BCUT2D eigenvalue weighted by Gasteiger charge is -2.19. The Hall–Kier alpha value is -1.81. The zero-order chi connectivity index (χ0) is 15.7. The summed E-state index contributed by atoms with van der Waals surface area (Å²) in [6, 6.07) is 8.09. The van der Waals surface area contributed by atoms with E-state index in [1.54, 1.807) is 0 Å². The number of carbonyl (C=O) groups excluding carboxylic acids is 1. The zero-order valence-electron chi connectivity index (χ0n) is 13.4. The minimum Gasteiger partial charge on any atom is -0.444 e. The van der Waals surface area contributed by atoms with Gasteiger partial charge in [-0.1, -0.05) is 30.4 Å². The van der Waals surface area contributed by atoms with Gasteiger partial charge in [0, 0.05) is 6.54 Å². The molecule has 4 heteroatoms. The maximum atomic E-state index is 11.6. The molecule has 0 aliphatic heterocycles. The van der Waals surface area contributed by atoms with Gasteiger partial charge in [-0.15, -0.1) is 0 Å². The third-order valence-corrected chi connectivity index (χ3v) is 2.66. The van der Waals surface area contributed by atoms with Gasteiger partial charge in [0.15, 0.2) is 0 Å². The fraction of sp³-hybridized carbons (Fsp3) is 0.471. The molecule has 0 saturated carbocycles. The van der Waals surface area contributed by atoms with Crippen molar-refractivity contribution in [1.29, 1.82) is 0 Å². The predicted molar refractivity (Wildman–Crippen MR) is 87.1 cm³/mol. The molecular formula is C17H26N2O2. The van der Waals surface area contributed by atoms with Crippen LogP contribution in [0.5, 0.6) is 0 Å². The summed E-state index contributed by atoms with van der Waals surface area (Å²) < 4.78 is 5.21. The molecule has 0 spiro atoms. The molecule has 1 amide bonds. The molecule has 0 aliphatic rings. The van der Waals surface area contributed by atoms with Crippen molar-refractivity contribution in [1.82, 2.24) is 10.6 Å². The van der Waals surface area contributed by atoms with Gasteiger partial charge >= 0.3 is 6.09 Å². The molecule has 0 bridgehead atoms. The number of hydrogen-bond donors (Lipinski definition) is 2. The van der Waals surface area contributed by atoms with E-state index in [0.717, 1.165) is 24.1 Å². The summed E-state index contributed by atoms with van der Waals surface area (Å²) in [7, 11) is 1.94. The van der Waals surface area contributed by atoms with Crippen LogP contribution >= 0.6 is 0 Å². The third kappa shape index (κ3) is 8.15. The van der Waals surface area contributed by atoms with Crippen LogP contribution in [0.25, 0.3) is 6.08 Å². The summed E-state index contributed by atoms with van der Waals surface area (Å²) in [5.74, 6) is 0. The van der Waals surface area contributed by atoms with Gasteiger partial charge in [-0.2, -0.15) is 0 Å². The predicted octanol–water partition coefficient (Wildman–Crippen LogP) is 3.33. The highest BCUT2D eigenvalue weighted by Crippen LogP contribution is 2.09. The molecule has 1 rings (SSSR count). The fourth-order valence-corrected chi connectivity index (χ4v) is 1.74. The second-order valence-corrected chi connectivity index (χ2v) is 5.90. The number of alkyl carbamates (subject to hydrolysis) is 1. The van der Waals surface area contributed by atoms with E-state index in [4.69, 9.17) is 4.74 Å². The number of rotatable bonds is 6. The maximum Gasteiger partial charge on any atom is 0.407 e. The zero-order valence-corrected chi connectivity index (χ0v) is 13.4. The average Bonchev–Trinajstić information content (AvgIpc) is 2.40. The van der Waals surface area contributed by atoms with E-state index in [0.29, 0.717) is 6.54 Å². The summed E-state index contributed by atoms with van der Waals surface area (Å²) >= 11 is 0. The van der Waals surface area contributed by atoms with Crippen LogP contribution in [0.3, 0.4) is 0 Å². The van der Waals surface area contributed by atoms with E-state index in [-0.39, 0.29) is 0 Å². The Bertz CT molecular complexity index is 476. The first-order chi connectivity index (χ1) is 9.90. The third-order valence-electron chi connectivity index (χ3n) is 2.66. The maximum absolute atomic E-state index is 11.6. The van der Waals surface area contributed by atoms with Crippen LogP contribution in [-0.2, 0) is 11.3 Å². The number of nitrogens with one attached hydrogen (secondary N) is 2. The molecule has 0 heterocycles. The normalized spacial score (nSPS) is 11.6. The first kappa shape index (κ1) is 17.2. The van der Waals surface area contributed by atoms with Gasteiger partial charge in [-0.05, 0) is 58.0 Å². The van der Waals surface area contributed by atoms with Crippen molar-refractivity contribution in [3.05, 3.63) is 41.5 Å². The molecule has 0 fully saturated rings. The molecule has 0 aliphatic carbocycles. The highest BCUT2D eigenvalue weighted by Gasteiger charge is 2.15. The molecule has 0 saturated heterocycles. The Morgan fingerprint density at radius 3 is 2.76 bits per heavy atom. The summed E-state index contributed by atoms with van der Waals surface area (Å²) in [5.41, 5.74) is 1.72. The van der Waals surface area contributed by atoms with E-state index >= 15 is 0 Å². The molecule has 0 unspecified atom stereocenters. The first-order valence-corrected chi connectivity index (χ1v) is 7.27. The van der Waals surface area contributed by atoms with Crippen molar-refractivity contribution < 1.29 is 9.53 Å². The van der Waals surface area contributed by atoms with E-state index in [1.807, 2.05) is 46.0 Å². The smallest absolute Gasteiger partial charge is 0.407 e. The van der Waals surface area contributed by atoms with Crippen LogP contribution in [0.1, 0.15) is 38.3 Å². The Morgan fingerprint density at radius 1 is 1.33 bits per heavy atom. The highest BCUT2D eigenvalue weighted by molar-refractivity contribution is 5.67. The molecular weight excluding hydrogens is 264 g/mol. The quantitative estimate of drug-likeness (QED) is 0.790. The minimum absolute atomic E-state index is 0.391. The van der Waals surface area contributed by atoms with Gasteiger partial charge in [0.1, 0.15) is 5.60 Å². The van der Waals surface area contributed by atoms with E-state index < -0.39 is 11.7 Å². The lowest BCUT2D eigenvalue weighted by Crippen LogP contribution is -2.32. The van der Waals surface area contributed by atoms with E-state index in [2.05, 4.69) is 28.9 Å². The van der Waals surface area contributed by atoms with Gasteiger partial charge in [-0.3, -0.25) is 0 Å². The summed E-state index contributed by atoms with van der Waals surface area (Å²) in [6.45, 7) is 6.99. The Labute approximate surface area is 127 Å². The van der Waals surface area contributed by atoms with Gasteiger partial charge < -0.3 is 15.4 Å². The van der Waals surface area contributed by atoms with Crippen molar-refractivity contribution in [3.63, 3.8) is 0 Å². The Morgan fingerprint density at radius 2 is 2.10 bits per heavy atom. The largest absolute Gasteiger partial charge is 0.444 e. The van der Waals surface area contributed by atoms with Crippen LogP contribution < -0.4 is 10.6 Å². The number of benzene rings is 1. The topological polar surface area (TPSA) is 50.4 Å². The molecule has 116 valence electrons. The summed E-state index contributed by atoms with van der Waals surface area (Å²) in [6.07, 6.45) is 4.83. The van der Waals surface area contributed by atoms with Gasteiger partial charge in [0.05, 0.1) is 0 Å². The number of carbonyl (C=O) groups is 1. The Balaban J connectivity index is 2.49. The van der Waals surface area contributed by atoms with Gasteiger partial charge in [0.2, 0.25) is 0 Å². The molecule has 0 aromatic heterocycles. The SMILES string of the molecule is CNCCC=Cc1cccc(CNC(=O)OC(C)(C)C)c1.